The molecule has 4 heteroatoms. The van der Waals surface area contributed by atoms with Crippen LogP contribution in [0.1, 0.15) is 45.2 Å². The van der Waals surface area contributed by atoms with Gasteiger partial charge in [0.2, 0.25) is 0 Å². The topological polar surface area (TPSA) is 58.4 Å². The zero-order valence-corrected chi connectivity index (χ0v) is 12.6. The Balaban J connectivity index is 1.97. The van der Waals surface area contributed by atoms with Crippen LogP contribution in [0.3, 0.4) is 0 Å². The predicted molar refractivity (Wildman–Crippen MR) is 82.6 cm³/mol. The number of carbonyl (C=O) groups excluding carboxylic acids is 1. The highest BCUT2D eigenvalue weighted by atomic mass is 16.2. The van der Waals surface area contributed by atoms with Gasteiger partial charge in [-0.1, -0.05) is 19.1 Å². The number of rotatable bonds is 2. The average Bonchev–Trinajstić information content (AvgIpc) is 2.39. The van der Waals surface area contributed by atoms with E-state index in [2.05, 4.69) is 19.2 Å². The van der Waals surface area contributed by atoms with Gasteiger partial charge in [0.05, 0.1) is 0 Å². The highest BCUT2D eigenvalue weighted by Gasteiger charge is 2.26. The molecule has 0 spiro atoms. The first-order valence-electron chi connectivity index (χ1n) is 7.40. The third kappa shape index (κ3) is 3.51. The summed E-state index contributed by atoms with van der Waals surface area (Å²) in [7, 11) is 0. The van der Waals surface area contributed by atoms with Gasteiger partial charge in [0, 0.05) is 24.3 Å². The van der Waals surface area contributed by atoms with Crippen molar-refractivity contribution in [3.63, 3.8) is 0 Å². The molecule has 1 aliphatic heterocycles. The van der Waals surface area contributed by atoms with Crippen LogP contribution in [-0.4, -0.2) is 23.5 Å². The van der Waals surface area contributed by atoms with Crippen LogP contribution in [0.5, 0.6) is 0 Å². The molecule has 0 bridgehead atoms. The van der Waals surface area contributed by atoms with Gasteiger partial charge < -0.3 is 16.0 Å². The van der Waals surface area contributed by atoms with Crippen LogP contribution in [0.25, 0.3) is 0 Å². The molecule has 0 saturated carbocycles. The standard InChI is InChI=1S/C16H25N3O/c1-11-8-9-19(12(2)10-11)16(20)18-15-6-4-14(5-7-15)13(3)17/h4-7,11-13H,8-10,17H2,1-3H3,(H,18,20). The monoisotopic (exact) mass is 275 g/mol. The third-order valence-corrected chi connectivity index (χ3v) is 4.09. The number of urea groups is 1. The maximum Gasteiger partial charge on any atom is 0.322 e. The molecule has 0 radical (unpaired) electrons. The Morgan fingerprint density at radius 2 is 2.00 bits per heavy atom. The largest absolute Gasteiger partial charge is 0.324 e. The summed E-state index contributed by atoms with van der Waals surface area (Å²) in [5, 5.41) is 2.97. The van der Waals surface area contributed by atoms with E-state index in [1.54, 1.807) is 0 Å². The third-order valence-electron chi connectivity index (χ3n) is 4.09. The minimum Gasteiger partial charge on any atom is -0.324 e. The smallest absolute Gasteiger partial charge is 0.322 e. The second-order valence-electron chi connectivity index (χ2n) is 6.01. The lowest BCUT2D eigenvalue weighted by Gasteiger charge is -2.36. The quantitative estimate of drug-likeness (QED) is 0.869. The Morgan fingerprint density at radius 3 is 2.55 bits per heavy atom. The van der Waals surface area contributed by atoms with Crippen molar-refractivity contribution in [2.45, 2.75) is 45.7 Å². The van der Waals surface area contributed by atoms with Crippen molar-refractivity contribution in [3.05, 3.63) is 29.8 Å². The molecule has 2 amide bonds. The highest BCUT2D eigenvalue weighted by Crippen LogP contribution is 2.23. The number of piperidine rings is 1. The van der Waals surface area contributed by atoms with Crippen molar-refractivity contribution in [1.29, 1.82) is 0 Å². The number of nitrogens with zero attached hydrogens (tertiary/aromatic N) is 1. The summed E-state index contributed by atoms with van der Waals surface area (Å²) in [6, 6.07) is 8.06. The van der Waals surface area contributed by atoms with Gasteiger partial charge in [-0.3, -0.25) is 0 Å². The van der Waals surface area contributed by atoms with E-state index in [-0.39, 0.29) is 12.1 Å². The van der Waals surface area contributed by atoms with Crippen molar-refractivity contribution < 1.29 is 4.79 Å². The maximum absolute atomic E-state index is 12.3. The number of benzene rings is 1. The zero-order chi connectivity index (χ0) is 14.7. The summed E-state index contributed by atoms with van der Waals surface area (Å²) in [5.41, 5.74) is 7.71. The molecule has 1 heterocycles. The minimum absolute atomic E-state index is 0.00190. The number of amides is 2. The van der Waals surface area contributed by atoms with E-state index >= 15 is 0 Å². The molecule has 1 fully saturated rings. The minimum atomic E-state index is -0.00190. The molecule has 110 valence electrons. The number of carbonyl (C=O) groups is 1. The summed E-state index contributed by atoms with van der Waals surface area (Å²) in [4.78, 5) is 14.2. The number of nitrogens with two attached hydrogens (primary N) is 1. The van der Waals surface area contributed by atoms with E-state index in [9.17, 15) is 4.79 Å². The molecular weight excluding hydrogens is 250 g/mol. The van der Waals surface area contributed by atoms with Crippen molar-refractivity contribution in [1.82, 2.24) is 4.90 Å². The fourth-order valence-electron chi connectivity index (χ4n) is 2.77. The first-order chi connectivity index (χ1) is 9.47. The van der Waals surface area contributed by atoms with Gasteiger partial charge >= 0.3 is 6.03 Å². The lowest BCUT2D eigenvalue weighted by atomic mass is 9.94. The average molecular weight is 275 g/mol. The van der Waals surface area contributed by atoms with Crippen LogP contribution in [0.15, 0.2) is 24.3 Å². The summed E-state index contributed by atoms with van der Waals surface area (Å²) in [5.74, 6) is 0.708. The van der Waals surface area contributed by atoms with E-state index in [1.807, 2.05) is 36.1 Å². The number of likely N-dealkylation sites (tertiary alicyclic amines) is 1. The van der Waals surface area contributed by atoms with Gasteiger partial charge in [0.25, 0.3) is 0 Å². The van der Waals surface area contributed by atoms with E-state index < -0.39 is 0 Å². The Labute approximate surface area is 121 Å². The first-order valence-corrected chi connectivity index (χ1v) is 7.40. The number of hydrogen-bond donors (Lipinski definition) is 2. The normalized spacial score (nSPS) is 24.3. The molecule has 3 unspecified atom stereocenters. The molecule has 1 saturated heterocycles. The van der Waals surface area contributed by atoms with Gasteiger partial charge in [0.15, 0.2) is 0 Å². The molecule has 1 aromatic rings. The lowest BCUT2D eigenvalue weighted by Crippen LogP contribution is -2.46. The van der Waals surface area contributed by atoms with Crippen LogP contribution in [-0.2, 0) is 0 Å². The van der Waals surface area contributed by atoms with Crippen molar-refractivity contribution in [2.24, 2.45) is 11.7 Å². The van der Waals surface area contributed by atoms with Crippen molar-refractivity contribution in [3.8, 4) is 0 Å². The fraction of sp³-hybridized carbons (Fsp3) is 0.562. The summed E-state index contributed by atoms with van der Waals surface area (Å²) in [6.07, 6.45) is 2.17. The van der Waals surface area contributed by atoms with Crippen LogP contribution in [0, 0.1) is 5.92 Å². The molecule has 20 heavy (non-hydrogen) atoms. The van der Waals surface area contributed by atoms with E-state index in [0.717, 1.165) is 30.6 Å². The predicted octanol–water partition coefficient (Wildman–Crippen LogP) is 3.36. The Hall–Kier alpha value is -1.55. The summed E-state index contributed by atoms with van der Waals surface area (Å²) in [6.45, 7) is 7.16. The Kier molecular flexibility index (Phi) is 4.65. The molecular formula is C16H25N3O. The van der Waals surface area contributed by atoms with E-state index in [1.165, 1.54) is 0 Å². The maximum atomic E-state index is 12.3. The summed E-state index contributed by atoms with van der Waals surface area (Å²) < 4.78 is 0. The van der Waals surface area contributed by atoms with Crippen molar-refractivity contribution in [2.75, 3.05) is 11.9 Å². The summed E-state index contributed by atoms with van der Waals surface area (Å²) >= 11 is 0. The molecule has 4 nitrogen and oxygen atoms in total. The fourth-order valence-corrected chi connectivity index (χ4v) is 2.77. The molecule has 1 aromatic carbocycles. The van der Waals surface area contributed by atoms with Crippen LogP contribution in [0.2, 0.25) is 0 Å². The van der Waals surface area contributed by atoms with Crippen molar-refractivity contribution >= 4 is 11.7 Å². The highest BCUT2D eigenvalue weighted by molar-refractivity contribution is 5.89. The lowest BCUT2D eigenvalue weighted by molar-refractivity contribution is 0.150. The van der Waals surface area contributed by atoms with E-state index in [0.29, 0.717) is 12.0 Å². The molecule has 3 N–H and O–H groups in total. The number of anilines is 1. The second-order valence-corrected chi connectivity index (χ2v) is 6.01. The van der Waals surface area contributed by atoms with Gasteiger partial charge in [0.1, 0.15) is 0 Å². The zero-order valence-electron chi connectivity index (χ0n) is 12.6. The van der Waals surface area contributed by atoms with Gasteiger partial charge in [-0.2, -0.15) is 0 Å². The molecule has 1 aliphatic rings. The molecule has 3 atom stereocenters. The van der Waals surface area contributed by atoms with Gasteiger partial charge in [-0.25, -0.2) is 4.79 Å². The van der Waals surface area contributed by atoms with E-state index in [4.69, 9.17) is 5.73 Å². The Bertz CT molecular complexity index is 455. The number of hydrogen-bond acceptors (Lipinski definition) is 2. The SMILES string of the molecule is CC1CCN(C(=O)Nc2ccc(C(C)N)cc2)C(C)C1. The first kappa shape index (κ1) is 14.9. The van der Waals surface area contributed by atoms with Crippen LogP contribution in [0.4, 0.5) is 10.5 Å². The second kappa shape index (κ2) is 6.27. The molecule has 2 rings (SSSR count). The van der Waals surface area contributed by atoms with Gasteiger partial charge in [-0.05, 0) is 50.3 Å². The van der Waals surface area contributed by atoms with Crippen LogP contribution < -0.4 is 11.1 Å². The van der Waals surface area contributed by atoms with Gasteiger partial charge in [-0.15, -0.1) is 0 Å². The molecule has 0 aliphatic carbocycles. The number of nitrogens with one attached hydrogen (secondary N) is 1. The molecule has 0 aromatic heterocycles. The Morgan fingerprint density at radius 1 is 1.35 bits per heavy atom. The van der Waals surface area contributed by atoms with Crippen LogP contribution >= 0.6 is 0 Å².